The van der Waals surface area contributed by atoms with Gasteiger partial charge in [0.15, 0.2) is 11.6 Å². The molecule has 5 rings (SSSR count). The largest absolute Gasteiger partial charge is 0.485 e. The minimum Gasteiger partial charge on any atom is -0.485 e. The van der Waals surface area contributed by atoms with E-state index in [0.29, 0.717) is 32.5 Å². The molecule has 4 nitrogen and oxygen atoms in total. The van der Waals surface area contributed by atoms with Crippen LogP contribution < -0.4 is 4.74 Å². The first-order valence-corrected chi connectivity index (χ1v) is 12.6. The zero-order valence-electron chi connectivity index (χ0n) is 21.0. The molecule has 0 amide bonds. The maximum atomic E-state index is 15.7. The third-order valence-corrected chi connectivity index (χ3v) is 7.25. The van der Waals surface area contributed by atoms with E-state index in [1.807, 2.05) is 41.0 Å². The van der Waals surface area contributed by atoms with Crippen molar-refractivity contribution in [2.75, 3.05) is 32.9 Å². The smallest absolute Gasteiger partial charge is 0.165 e. The molecule has 1 N–H and O–H groups in total. The second-order valence-electron chi connectivity index (χ2n) is 10.8. The molecular weight excluding hydrogens is 470 g/mol. The van der Waals surface area contributed by atoms with Gasteiger partial charge in [-0.05, 0) is 51.3 Å². The van der Waals surface area contributed by atoms with Crippen LogP contribution in [0.2, 0.25) is 0 Å². The van der Waals surface area contributed by atoms with Crippen molar-refractivity contribution in [1.29, 1.82) is 0 Å². The van der Waals surface area contributed by atoms with Crippen molar-refractivity contribution in [2.24, 2.45) is 0 Å². The second kappa shape index (κ2) is 9.71. The van der Waals surface area contributed by atoms with Gasteiger partial charge in [0.25, 0.3) is 0 Å². The van der Waals surface area contributed by atoms with Gasteiger partial charge in [-0.3, -0.25) is 14.2 Å². The van der Waals surface area contributed by atoms with Crippen LogP contribution in [0, 0.1) is 11.6 Å². The number of nitrogens with one attached hydrogen (secondary N) is 1. The van der Waals surface area contributed by atoms with Gasteiger partial charge in [-0.25, -0.2) is 13.2 Å². The van der Waals surface area contributed by atoms with Crippen molar-refractivity contribution in [2.45, 2.75) is 57.5 Å². The lowest BCUT2D eigenvalue weighted by Gasteiger charge is -2.43. The first kappa shape index (κ1) is 25.1. The summed E-state index contributed by atoms with van der Waals surface area (Å²) in [5.74, 6) is -1.38. The number of aromatic amines is 1. The zero-order valence-corrected chi connectivity index (χ0v) is 21.0. The number of alkyl halides is 2. The molecule has 0 spiro atoms. The van der Waals surface area contributed by atoms with Crippen LogP contribution in [0.3, 0.4) is 0 Å². The fraction of sp³-hybridized carbons (Fsp3) is 0.500. The summed E-state index contributed by atoms with van der Waals surface area (Å²) >= 11 is 0. The van der Waals surface area contributed by atoms with E-state index in [9.17, 15) is 8.78 Å². The molecule has 2 aliphatic rings. The van der Waals surface area contributed by atoms with E-state index in [1.165, 1.54) is 19.9 Å². The number of aromatic nitrogens is 1. The summed E-state index contributed by atoms with van der Waals surface area (Å²) in [5, 5.41) is 1.05. The number of nitrogens with zero attached hydrogens (tertiary/aromatic N) is 2. The van der Waals surface area contributed by atoms with Gasteiger partial charge >= 0.3 is 0 Å². The van der Waals surface area contributed by atoms with Crippen LogP contribution in [0.4, 0.5) is 17.6 Å². The Hall–Kier alpha value is -2.58. The molecule has 194 valence electrons. The van der Waals surface area contributed by atoms with Crippen molar-refractivity contribution in [1.82, 2.24) is 14.8 Å². The van der Waals surface area contributed by atoms with Crippen molar-refractivity contribution in [3.63, 3.8) is 0 Å². The highest BCUT2D eigenvalue weighted by Gasteiger charge is 2.40. The molecule has 2 aromatic carbocycles. The van der Waals surface area contributed by atoms with E-state index in [2.05, 4.69) is 4.98 Å². The summed E-state index contributed by atoms with van der Waals surface area (Å²) in [6.45, 7) is 6.44. The number of H-pyrrole nitrogens is 1. The fourth-order valence-electron chi connectivity index (χ4n) is 5.61. The lowest BCUT2D eigenvalue weighted by atomic mass is 9.87. The highest BCUT2D eigenvalue weighted by atomic mass is 19.1. The first-order valence-electron chi connectivity index (χ1n) is 12.6. The molecule has 3 aromatic rings. The summed E-state index contributed by atoms with van der Waals surface area (Å²) in [6, 6.07) is 9.41. The van der Waals surface area contributed by atoms with Gasteiger partial charge in [-0.15, -0.1) is 0 Å². The van der Waals surface area contributed by atoms with E-state index in [1.54, 1.807) is 0 Å². The topological polar surface area (TPSA) is 31.5 Å². The van der Waals surface area contributed by atoms with E-state index >= 15 is 8.78 Å². The predicted octanol–water partition coefficient (Wildman–Crippen LogP) is 5.95. The maximum Gasteiger partial charge on any atom is 0.165 e. The van der Waals surface area contributed by atoms with Crippen LogP contribution in [-0.2, 0) is 6.42 Å². The standard InChI is InChI=1S/C28H33F4N3O/c1-17-11-20-19-7-4-5-8-24(19)33-26(20)27(35(17)16-28(2,3)32)21-12-23(31)25(13-22(21)30)36-18-14-34(15-18)10-6-9-29/h4-5,7-8,12-13,17-18,27,33H,6,9-11,14-16H2,1-3H3/t17-,27-/m1/s1. The van der Waals surface area contributed by atoms with Crippen LogP contribution in [0.25, 0.3) is 10.9 Å². The number of hydrogen-bond acceptors (Lipinski definition) is 3. The Morgan fingerprint density at radius 3 is 2.58 bits per heavy atom. The Labute approximate surface area is 209 Å². The van der Waals surface area contributed by atoms with Gasteiger partial charge < -0.3 is 9.72 Å². The van der Waals surface area contributed by atoms with Crippen molar-refractivity contribution < 1.29 is 22.3 Å². The van der Waals surface area contributed by atoms with Crippen molar-refractivity contribution in [3.8, 4) is 5.75 Å². The Balaban J connectivity index is 1.49. The minimum absolute atomic E-state index is 0.0732. The first-order chi connectivity index (χ1) is 17.1. The molecule has 0 aliphatic carbocycles. The molecule has 1 aromatic heterocycles. The average molecular weight is 504 g/mol. The highest BCUT2D eigenvalue weighted by molar-refractivity contribution is 5.85. The summed E-state index contributed by atoms with van der Waals surface area (Å²) in [4.78, 5) is 7.36. The molecule has 8 heteroatoms. The monoisotopic (exact) mass is 503 g/mol. The molecule has 0 bridgehead atoms. The molecule has 0 unspecified atom stereocenters. The number of ether oxygens (including phenoxy) is 1. The second-order valence-corrected chi connectivity index (χ2v) is 10.8. The quantitative estimate of drug-likeness (QED) is 0.386. The van der Waals surface area contributed by atoms with Crippen LogP contribution in [-0.4, -0.2) is 65.5 Å². The Morgan fingerprint density at radius 2 is 1.86 bits per heavy atom. The minimum atomic E-state index is -1.52. The third-order valence-electron chi connectivity index (χ3n) is 7.25. The van der Waals surface area contributed by atoms with Crippen LogP contribution in [0.15, 0.2) is 36.4 Å². The van der Waals surface area contributed by atoms with Crippen molar-refractivity contribution >= 4 is 10.9 Å². The Kier molecular flexibility index (Phi) is 6.76. The van der Waals surface area contributed by atoms with Crippen LogP contribution in [0.1, 0.15) is 50.1 Å². The molecule has 2 aliphatic heterocycles. The summed E-state index contributed by atoms with van der Waals surface area (Å²) < 4.78 is 64.0. The van der Waals surface area contributed by atoms with E-state index in [4.69, 9.17) is 4.74 Å². The van der Waals surface area contributed by atoms with E-state index in [-0.39, 0.29) is 36.7 Å². The molecule has 1 saturated heterocycles. The molecule has 3 heterocycles. The van der Waals surface area contributed by atoms with Gasteiger partial charge in [-0.2, -0.15) is 0 Å². The number of rotatable bonds is 8. The van der Waals surface area contributed by atoms with E-state index in [0.717, 1.165) is 28.2 Å². The number of para-hydroxylation sites is 1. The summed E-state index contributed by atoms with van der Waals surface area (Å²) in [7, 11) is 0. The van der Waals surface area contributed by atoms with Gasteiger partial charge in [0.2, 0.25) is 0 Å². The van der Waals surface area contributed by atoms with Crippen LogP contribution in [0.5, 0.6) is 5.75 Å². The van der Waals surface area contributed by atoms with Gasteiger partial charge in [0.05, 0.1) is 12.7 Å². The summed E-state index contributed by atoms with van der Waals surface area (Å²) in [5.41, 5.74) is 1.38. The molecule has 1 fully saturated rings. The SMILES string of the molecule is C[C@@H]1Cc2c([nH]c3ccccc23)[C@@H](c2cc(F)c(OC3CN(CCCF)C3)cc2F)N1CC(C)(C)F. The highest BCUT2D eigenvalue weighted by Crippen LogP contribution is 2.43. The number of benzene rings is 2. The molecule has 0 radical (unpaired) electrons. The lowest BCUT2D eigenvalue weighted by molar-refractivity contribution is 0.0158. The normalized spacial score (nSPS) is 21.5. The third kappa shape index (κ3) is 4.85. The van der Waals surface area contributed by atoms with Gasteiger partial charge in [0.1, 0.15) is 17.6 Å². The fourth-order valence-corrected chi connectivity index (χ4v) is 5.61. The number of fused-ring (bicyclic) bond motifs is 3. The number of likely N-dealkylation sites (tertiary alicyclic amines) is 1. The number of halogens is 4. The predicted molar refractivity (Wildman–Crippen MR) is 133 cm³/mol. The van der Waals surface area contributed by atoms with Gasteiger partial charge in [0, 0.05) is 60.4 Å². The van der Waals surface area contributed by atoms with Crippen molar-refractivity contribution in [3.05, 3.63) is 64.9 Å². The molecular formula is C28H33F4N3O. The van der Waals surface area contributed by atoms with E-state index < -0.39 is 23.3 Å². The zero-order chi connectivity index (χ0) is 25.6. The molecule has 2 atom stereocenters. The maximum absolute atomic E-state index is 15.7. The molecule has 36 heavy (non-hydrogen) atoms. The summed E-state index contributed by atoms with van der Waals surface area (Å²) in [6.07, 6.45) is 0.868. The Bertz CT molecular complexity index is 1230. The molecule has 0 saturated carbocycles. The Morgan fingerprint density at radius 1 is 1.11 bits per heavy atom. The van der Waals surface area contributed by atoms with Crippen LogP contribution >= 0.6 is 0 Å². The number of hydrogen-bond donors (Lipinski definition) is 1. The average Bonchev–Trinajstić information content (AvgIpc) is 3.15. The van der Waals surface area contributed by atoms with Gasteiger partial charge in [-0.1, -0.05) is 18.2 Å². The lowest BCUT2D eigenvalue weighted by Crippen LogP contribution is -2.54.